The van der Waals surface area contributed by atoms with Crippen LogP contribution in [0.2, 0.25) is 0 Å². The zero-order valence-corrected chi connectivity index (χ0v) is 10.4. The Morgan fingerprint density at radius 3 is 2.65 bits per heavy atom. The van der Waals surface area contributed by atoms with Gasteiger partial charge in [-0.15, -0.1) is 0 Å². The maximum Gasteiger partial charge on any atom is 0.123 e. The topological polar surface area (TPSA) is 67.5 Å². The van der Waals surface area contributed by atoms with E-state index < -0.39 is 0 Å². The second-order valence-electron chi connectivity index (χ2n) is 5.02. The molecule has 1 aromatic rings. The Kier molecular flexibility index (Phi) is 3.15. The summed E-state index contributed by atoms with van der Waals surface area (Å²) in [6.07, 6.45) is 2.12. The standard InChI is InChI=1S/C13H20N2O2/c1-9(2)17-12-6-10(14)5-11(7-12)15-13(8-16)3-4-13/h5-7,9,15-16H,3-4,8,14H2,1-2H3. The molecule has 17 heavy (non-hydrogen) atoms. The number of anilines is 2. The molecule has 0 aliphatic heterocycles. The first kappa shape index (κ1) is 12.0. The zero-order valence-electron chi connectivity index (χ0n) is 10.4. The Labute approximate surface area is 102 Å². The van der Waals surface area contributed by atoms with E-state index in [0.29, 0.717) is 5.69 Å². The Bertz CT molecular complexity index is 400. The molecule has 0 atom stereocenters. The van der Waals surface area contributed by atoms with E-state index in [0.717, 1.165) is 24.3 Å². The van der Waals surface area contributed by atoms with E-state index >= 15 is 0 Å². The SMILES string of the molecule is CC(C)Oc1cc(N)cc(NC2(CO)CC2)c1. The quantitative estimate of drug-likeness (QED) is 0.684. The molecule has 1 saturated carbocycles. The number of hydrogen-bond donors (Lipinski definition) is 3. The molecule has 2 rings (SSSR count). The van der Waals surface area contributed by atoms with Crippen LogP contribution in [0.3, 0.4) is 0 Å². The van der Waals surface area contributed by atoms with Crippen LogP contribution in [-0.2, 0) is 0 Å². The van der Waals surface area contributed by atoms with E-state index in [1.54, 1.807) is 0 Å². The molecule has 4 heteroatoms. The number of rotatable bonds is 5. The number of nitrogen functional groups attached to an aromatic ring is 1. The van der Waals surface area contributed by atoms with E-state index in [4.69, 9.17) is 10.5 Å². The van der Waals surface area contributed by atoms with Gasteiger partial charge in [0.15, 0.2) is 0 Å². The summed E-state index contributed by atoms with van der Waals surface area (Å²) in [6.45, 7) is 4.11. The second-order valence-corrected chi connectivity index (χ2v) is 5.02. The smallest absolute Gasteiger partial charge is 0.123 e. The fourth-order valence-corrected chi connectivity index (χ4v) is 1.81. The summed E-state index contributed by atoms with van der Waals surface area (Å²) in [6, 6.07) is 5.60. The van der Waals surface area contributed by atoms with Crippen molar-refractivity contribution >= 4 is 11.4 Å². The van der Waals surface area contributed by atoms with Gasteiger partial charge in [0.05, 0.1) is 18.2 Å². The molecule has 4 N–H and O–H groups in total. The first-order chi connectivity index (χ1) is 8.03. The van der Waals surface area contributed by atoms with Crippen LogP contribution in [-0.4, -0.2) is 23.4 Å². The molecule has 0 unspecified atom stereocenters. The third-order valence-corrected chi connectivity index (χ3v) is 2.87. The summed E-state index contributed by atoms with van der Waals surface area (Å²) in [5.74, 6) is 0.760. The van der Waals surface area contributed by atoms with Gasteiger partial charge in [0.25, 0.3) is 0 Å². The molecule has 0 heterocycles. The van der Waals surface area contributed by atoms with Crippen LogP contribution in [0.4, 0.5) is 11.4 Å². The van der Waals surface area contributed by atoms with Gasteiger partial charge in [-0.3, -0.25) is 0 Å². The van der Waals surface area contributed by atoms with Crippen molar-refractivity contribution in [3.63, 3.8) is 0 Å². The van der Waals surface area contributed by atoms with E-state index in [1.165, 1.54) is 0 Å². The van der Waals surface area contributed by atoms with Crippen molar-refractivity contribution in [1.29, 1.82) is 0 Å². The number of aliphatic hydroxyl groups excluding tert-OH is 1. The lowest BCUT2D eigenvalue weighted by Crippen LogP contribution is -2.25. The number of nitrogens with two attached hydrogens (primary N) is 1. The average molecular weight is 236 g/mol. The maximum absolute atomic E-state index is 9.28. The van der Waals surface area contributed by atoms with Crippen molar-refractivity contribution in [2.45, 2.75) is 38.3 Å². The highest BCUT2D eigenvalue weighted by Gasteiger charge is 2.42. The molecule has 1 fully saturated rings. The van der Waals surface area contributed by atoms with E-state index in [9.17, 15) is 5.11 Å². The second kappa shape index (κ2) is 4.45. The molecular weight excluding hydrogens is 216 g/mol. The fraction of sp³-hybridized carbons (Fsp3) is 0.538. The molecule has 94 valence electrons. The first-order valence-electron chi connectivity index (χ1n) is 5.99. The van der Waals surface area contributed by atoms with Crippen molar-refractivity contribution in [2.75, 3.05) is 17.7 Å². The van der Waals surface area contributed by atoms with Crippen molar-refractivity contribution in [3.8, 4) is 5.75 Å². The van der Waals surface area contributed by atoms with Gasteiger partial charge in [-0.2, -0.15) is 0 Å². The summed E-state index contributed by atoms with van der Waals surface area (Å²) >= 11 is 0. The van der Waals surface area contributed by atoms with Crippen molar-refractivity contribution in [3.05, 3.63) is 18.2 Å². The van der Waals surface area contributed by atoms with Crippen molar-refractivity contribution in [2.24, 2.45) is 0 Å². The predicted molar refractivity (Wildman–Crippen MR) is 69.3 cm³/mol. The van der Waals surface area contributed by atoms with Crippen LogP contribution < -0.4 is 15.8 Å². The third-order valence-electron chi connectivity index (χ3n) is 2.87. The number of benzene rings is 1. The predicted octanol–water partition coefficient (Wildman–Crippen LogP) is 1.99. The van der Waals surface area contributed by atoms with Crippen molar-refractivity contribution in [1.82, 2.24) is 0 Å². The van der Waals surface area contributed by atoms with Crippen LogP contribution in [0.15, 0.2) is 18.2 Å². The van der Waals surface area contributed by atoms with Gasteiger partial charge in [-0.05, 0) is 32.8 Å². The average Bonchev–Trinajstić information content (AvgIpc) is 2.96. The minimum atomic E-state index is -0.136. The number of hydrogen-bond acceptors (Lipinski definition) is 4. The Balaban J connectivity index is 2.14. The largest absolute Gasteiger partial charge is 0.491 e. The third kappa shape index (κ3) is 3.03. The normalized spacial score (nSPS) is 16.9. The van der Waals surface area contributed by atoms with Crippen LogP contribution >= 0.6 is 0 Å². The lowest BCUT2D eigenvalue weighted by molar-refractivity contribution is 0.242. The van der Waals surface area contributed by atoms with Gasteiger partial charge in [0.2, 0.25) is 0 Å². The molecule has 0 spiro atoms. The van der Waals surface area contributed by atoms with Gasteiger partial charge >= 0.3 is 0 Å². The molecule has 0 amide bonds. The highest BCUT2D eigenvalue weighted by Crippen LogP contribution is 2.39. The highest BCUT2D eigenvalue weighted by molar-refractivity contribution is 5.60. The van der Waals surface area contributed by atoms with E-state index in [1.807, 2.05) is 32.0 Å². The van der Waals surface area contributed by atoms with Gasteiger partial charge < -0.3 is 20.9 Å². The summed E-state index contributed by atoms with van der Waals surface area (Å²) in [5, 5.41) is 12.6. The van der Waals surface area contributed by atoms with Gasteiger partial charge in [0, 0.05) is 23.5 Å². The fourth-order valence-electron chi connectivity index (χ4n) is 1.81. The molecule has 1 aromatic carbocycles. The minimum Gasteiger partial charge on any atom is -0.491 e. The number of nitrogens with one attached hydrogen (secondary N) is 1. The van der Waals surface area contributed by atoms with Crippen LogP contribution in [0.1, 0.15) is 26.7 Å². The van der Waals surface area contributed by atoms with Gasteiger partial charge in [-0.1, -0.05) is 0 Å². The lowest BCUT2D eigenvalue weighted by atomic mass is 10.2. The molecule has 0 bridgehead atoms. The lowest BCUT2D eigenvalue weighted by Gasteiger charge is -2.18. The van der Waals surface area contributed by atoms with Gasteiger partial charge in [-0.25, -0.2) is 0 Å². The minimum absolute atomic E-state index is 0.123. The van der Waals surface area contributed by atoms with Crippen LogP contribution in [0.5, 0.6) is 5.75 Å². The monoisotopic (exact) mass is 236 g/mol. The highest BCUT2D eigenvalue weighted by atomic mass is 16.5. The van der Waals surface area contributed by atoms with E-state index in [-0.39, 0.29) is 18.2 Å². The van der Waals surface area contributed by atoms with Crippen LogP contribution in [0.25, 0.3) is 0 Å². The van der Waals surface area contributed by atoms with Crippen LogP contribution in [0, 0.1) is 0 Å². The Hall–Kier alpha value is -1.42. The zero-order chi connectivity index (χ0) is 12.5. The summed E-state index contributed by atoms with van der Waals surface area (Å²) in [4.78, 5) is 0. The maximum atomic E-state index is 9.28. The van der Waals surface area contributed by atoms with E-state index in [2.05, 4.69) is 5.32 Å². The molecule has 0 radical (unpaired) electrons. The number of ether oxygens (including phenoxy) is 1. The first-order valence-corrected chi connectivity index (χ1v) is 5.99. The Morgan fingerprint density at radius 1 is 1.41 bits per heavy atom. The molecule has 1 aliphatic carbocycles. The molecule has 0 saturated heterocycles. The summed E-state index contributed by atoms with van der Waals surface area (Å²) in [7, 11) is 0. The van der Waals surface area contributed by atoms with Crippen molar-refractivity contribution < 1.29 is 9.84 Å². The summed E-state index contributed by atoms with van der Waals surface area (Å²) < 4.78 is 5.62. The molecular formula is C13H20N2O2. The number of aliphatic hydroxyl groups is 1. The summed E-state index contributed by atoms with van der Waals surface area (Å²) in [5.41, 5.74) is 7.27. The van der Waals surface area contributed by atoms with Gasteiger partial charge in [0.1, 0.15) is 5.75 Å². The Morgan fingerprint density at radius 2 is 2.12 bits per heavy atom. The molecule has 0 aromatic heterocycles. The molecule has 1 aliphatic rings. The molecule has 4 nitrogen and oxygen atoms in total.